The summed E-state index contributed by atoms with van der Waals surface area (Å²) in [6, 6.07) is 12.6. The van der Waals surface area contributed by atoms with Gasteiger partial charge in [-0.2, -0.15) is 0 Å². The standard InChI is InChI=1S/C20H21N3O/c21-13-1-3-16-17-4-2-15(12-19(17)20(24)18(16)11-13)23-10-9-22-7-5-14(23)6-8-22/h1-4,11-12,14H,5-10,21H2. The summed E-state index contributed by atoms with van der Waals surface area (Å²) in [5.41, 5.74) is 11.3. The van der Waals surface area contributed by atoms with Crippen LogP contribution < -0.4 is 10.6 Å². The van der Waals surface area contributed by atoms with E-state index in [9.17, 15) is 4.79 Å². The quantitative estimate of drug-likeness (QED) is 0.701. The summed E-state index contributed by atoms with van der Waals surface area (Å²) < 4.78 is 0. The van der Waals surface area contributed by atoms with Crippen molar-refractivity contribution in [3.8, 4) is 11.1 Å². The maximum absolute atomic E-state index is 12.8. The van der Waals surface area contributed by atoms with Crippen molar-refractivity contribution in [3.05, 3.63) is 47.5 Å². The van der Waals surface area contributed by atoms with Gasteiger partial charge < -0.3 is 15.5 Å². The van der Waals surface area contributed by atoms with Gasteiger partial charge in [-0.3, -0.25) is 4.79 Å². The van der Waals surface area contributed by atoms with Gasteiger partial charge in [-0.05, 0) is 48.2 Å². The molecule has 3 saturated heterocycles. The monoisotopic (exact) mass is 319 g/mol. The van der Waals surface area contributed by atoms with E-state index in [4.69, 9.17) is 5.73 Å². The largest absolute Gasteiger partial charge is 0.399 e. The molecule has 2 aromatic rings. The molecule has 3 fully saturated rings. The lowest BCUT2D eigenvalue weighted by molar-refractivity contribution is 0.104. The molecule has 1 aliphatic carbocycles. The molecule has 0 spiro atoms. The first-order valence-corrected chi connectivity index (χ1v) is 8.78. The third-order valence-corrected chi connectivity index (χ3v) is 5.81. The number of rotatable bonds is 1. The lowest BCUT2D eigenvalue weighted by atomic mass is 10.0. The normalized spacial score (nSPS) is 24.7. The zero-order chi connectivity index (χ0) is 16.3. The minimum Gasteiger partial charge on any atom is -0.399 e. The Labute approximate surface area is 141 Å². The molecule has 6 rings (SSSR count). The second-order valence-corrected chi connectivity index (χ2v) is 7.13. The van der Waals surface area contributed by atoms with Crippen molar-refractivity contribution in [1.82, 2.24) is 4.90 Å². The molecule has 2 bridgehead atoms. The Morgan fingerprint density at radius 3 is 2.33 bits per heavy atom. The second kappa shape index (κ2) is 5.08. The summed E-state index contributed by atoms with van der Waals surface area (Å²) in [5, 5.41) is 0. The first-order valence-electron chi connectivity index (χ1n) is 8.78. The smallest absolute Gasteiger partial charge is 0.194 e. The zero-order valence-corrected chi connectivity index (χ0v) is 13.7. The molecule has 2 aromatic carbocycles. The van der Waals surface area contributed by atoms with Gasteiger partial charge in [0.15, 0.2) is 5.78 Å². The summed E-state index contributed by atoms with van der Waals surface area (Å²) in [6.07, 6.45) is 2.45. The van der Waals surface area contributed by atoms with E-state index < -0.39 is 0 Å². The van der Waals surface area contributed by atoms with Gasteiger partial charge in [0.25, 0.3) is 0 Å². The number of ketones is 1. The van der Waals surface area contributed by atoms with Crippen LogP contribution >= 0.6 is 0 Å². The molecule has 2 N–H and O–H groups in total. The molecule has 0 atom stereocenters. The minimum absolute atomic E-state index is 0.108. The van der Waals surface area contributed by atoms with Crippen LogP contribution in [0.15, 0.2) is 36.4 Å². The molecule has 24 heavy (non-hydrogen) atoms. The van der Waals surface area contributed by atoms with Crippen molar-refractivity contribution in [3.63, 3.8) is 0 Å². The molecule has 122 valence electrons. The third kappa shape index (κ3) is 1.99. The molecular formula is C20H21N3O. The van der Waals surface area contributed by atoms with Gasteiger partial charge in [0.2, 0.25) is 0 Å². The highest BCUT2D eigenvalue weighted by Crippen LogP contribution is 2.40. The maximum Gasteiger partial charge on any atom is 0.194 e. The minimum atomic E-state index is 0.108. The van der Waals surface area contributed by atoms with Gasteiger partial charge in [-0.1, -0.05) is 12.1 Å². The lowest BCUT2D eigenvalue weighted by Crippen LogP contribution is -2.37. The summed E-state index contributed by atoms with van der Waals surface area (Å²) >= 11 is 0. The van der Waals surface area contributed by atoms with Crippen LogP contribution in [0.25, 0.3) is 11.1 Å². The molecular weight excluding hydrogens is 298 g/mol. The first-order chi connectivity index (χ1) is 11.7. The van der Waals surface area contributed by atoms with Gasteiger partial charge in [0, 0.05) is 54.7 Å². The van der Waals surface area contributed by atoms with Gasteiger partial charge in [0.05, 0.1) is 0 Å². The summed E-state index contributed by atoms with van der Waals surface area (Å²) in [5.74, 6) is 0.108. The fourth-order valence-corrected chi connectivity index (χ4v) is 4.49. The Morgan fingerprint density at radius 2 is 1.54 bits per heavy atom. The van der Waals surface area contributed by atoms with Gasteiger partial charge in [-0.15, -0.1) is 0 Å². The predicted octanol–water partition coefficient (Wildman–Crippen LogP) is 2.76. The molecule has 3 aliphatic heterocycles. The van der Waals surface area contributed by atoms with Crippen LogP contribution in [0.1, 0.15) is 28.8 Å². The van der Waals surface area contributed by atoms with Crippen molar-refractivity contribution in [2.45, 2.75) is 18.9 Å². The number of carbonyl (C=O) groups excluding carboxylic acids is 1. The van der Waals surface area contributed by atoms with Crippen LogP contribution in [0.2, 0.25) is 0 Å². The van der Waals surface area contributed by atoms with Crippen LogP contribution in [-0.4, -0.2) is 42.9 Å². The predicted molar refractivity (Wildman–Crippen MR) is 96.5 cm³/mol. The molecule has 3 heterocycles. The molecule has 0 saturated carbocycles. The van der Waals surface area contributed by atoms with Gasteiger partial charge >= 0.3 is 0 Å². The lowest BCUT2D eigenvalue weighted by Gasteiger charge is -2.33. The number of nitrogens with two attached hydrogens (primary N) is 1. The van der Waals surface area contributed by atoms with E-state index in [0.29, 0.717) is 11.7 Å². The molecule has 4 aliphatic rings. The van der Waals surface area contributed by atoms with Crippen molar-refractivity contribution in [2.75, 3.05) is 36.8 Å². The summed E-state index contributed by atoms with van der Waals surface area (Å²) in [4.78, 5) is 17.9. The molecule has 4 nitrogen and oxygen atoms in total. The van der Waals surface area contributed by atoms with E-state index in [2.05, 4.69) is 28.0 Å². The van der Waals surface area contributed by atoms with Crippen molar-refractivity contribution >= 4 is 17.2 Å². The van der Waals surface area contributed by atoms with Crippen LogP contribution in [0.5, 0.6) is 0 Å². The molecule has 0 radical (unpaired) electrons. The van der Waals surface area contributed by atoms with Crippen LogP contribution in [0, 0.1) is 0 Å². The first kappa shape index (κ1) is 14.1. The number of benzene rings is 2. The highest BCUT2D eigenvalue weighted by atomic mass is 16.1. The number of nitrogens with zero attached hydrogens (tertiary/aromatic N) is 2. The van der Waals surface area contributed by atoms with Crippen molar-refractivity contribution in [2.24, 2.45) is 0 Å². The van der Waals surface area contributed by atoms with E-state index in [-0.39, 0.29) is 5.78 Å². The average molecular weight is 319 g/mol. The Balaban J connectivity index is 1.56. The second-order valence-electron chi connectivity index (χ2n) is 7.13. The van der Waals surface area contributed by atoms with E-state index in [1.807, 2.05) is 12.1 Å². The zero-order valence-electron chi connectivity index (χ0n) is 13.7. The fourth-order valence-electron chi connectivity index (χ4n) is 4.49. The molecule has 0 unspecified atom stereocenters. The third-order valence-electron chi connectivity index (χ3n) is 5.81. The van der Waals surface area contributed by atoms with Crippen LogP contribution in [0.3, 0.4) is 0 Å². The SMILES string of the molecule is Nc1ccc2c(c1)C(=O)c1cc(N3CCN4CCC3CC4)ccc1-2. The number of anilines is 2. The number of hydrogen-bond donors (Lipinski definition) is 1. The number of fused-ring (bicyclic) bond motifs is 7. The van der Waals surface area contributed by atoms with Gasteiger partial charge in [-0.25, -0.2) is 0 Å². The van der Waals surface area contributed by atoms with E-state index in [1.165, 1.54) is 31.6 Å². The average Bonchev–Trinajstić information content (AvgIpc) is 2.80. The Kier molecular flexibility index (Phi) is 2.98. The van der Waals surface area contributed by atoms with Crippen molar-refractivity contribution < 1.29 is 4.79 Å². The Morgan fingerprint density at radius 1 is 0.833 bits per heavy atom. The molecule has 0 amide bonds. The van der Waals surface area contributed by atoms with E-state index in [0.717, 1.165) is 35.3 Å². The Bertz CT molecular complexity index is 837. The fraction of sp³-hybridized carbons (Fsp3) is 0.350. The molecule has 0 aromatic heterocycles. The van der Waals surface area contributed by atoms with Crippen LogP contribution in [-0.2, 0) is 0 Å². The van der Waals surface area contributed by atoms with Gasteiger partial charge in [0.1, 0.15) is 0 Å². The maximum atomic E-state index is 12.8. The topological polar surface area (TPSA) is 49.6 Å². The van der Waals surface area contributed by atoms with E-state index >= 15 is 0 Å². The van der Waals surface area contributed by atoms with Crippen molar-refractivity contribution in [1.29, 1.82) is 0 Å². The Hall–Kier alpha value is -2.33. The molecule has 4 heteroatoms. The van der Waals surface area contributed by atoms with Crippen LogP contribution in [0.4, 0.5) is 11.4 Å². The summed E-state index contributed by atoms with van der Waals surface area (Å²) in [7, 11) is 0. The highest BCUT2D eigenvalue weighted by molar-refractivity contribution is 6.22. The number of piperidine rings is 1. The number of carbonyl (C=O) groups is 1. The summed E-state index contributed by atoms with van der Waals surface area (Å²) in [6.45, 7) is 4.58. The number of nitrogen functional groups attached to an aromatic ring is 1. The number of hydrogen-bond acceptors (Lipinski definition) is 4. The van der Waals surface area contributed by atoms with E-state index in [1.54, 1.807) is 6.07 Å². The highest BCUT2D eigenvalue weighted by Gasteiger charge is 2.31.